The van der Waals surface area contributed by atoms with Crippen LogP contribution < -0.4 is 16.0 Å². The molecule has 0 aliphatic rings. The van der Waals surface area contributed by atoms with E-state index in [-0.39, 0.29) is 11.5 Å². The Labute approximate surface area is 160 Å². The summed E-state index contributed by atoms with van der Waals surface area (Å²) in [4.78, 5) is 23.2. The van der Waals surface area contributed by atoms with Crippen molar-refractivity contribution in [2.45, 2.75) is 6.92 Å². The number of amides is 2. The van der Waals surface area contributed by atoms with Gasteiger partial charge in [0.2, 0.25) is 5.91 Å². The summed E-state index contributed by atoms with van der Waals surface area (Å²) in [6.45, 7) is 1.40. The molecule has 0 spiro atoms. The highest BCUT2D eigenvalue weighted by atomic mass is 35.5. The van der Waals surface area contributed by atoms with Crippen LogP contribution in [0.25, 0.3) is 0 Å². The molecular weight excluding hydrogens is 375 g/mol. The first-order valence-corrected chi connectivity index (χ1v) is 8.15. The number of hydrogen-bond donors (Lipinski definition) is 3. The molecule has 2 rings (SSSR count). The molecule has 0 radical (unpaired) electrons. The highest BCUT2D eigenvalue weighted by molar-refractivity contribution is 6.42. The molecule has 0 aliphatic heterocycles. The van der Waals surface area contributed by atoms with Crippen LogP contribution in [0.15, 0.2) is 54.2 Å². The fourth-order valence-electron chi connectivity index (χ4n) is 1.93. The van der Waals surface area contributed by atoms with Gasteiger partial charge in [0.1, 0.15) is 11.6 Å². The summed E-state index contributed by atoms with van der Waals surface area (Å²) in [6.07, 6.45) is 1.28. The Balaban J connectivity index is 2.04. The van der Waals surface area contributed by atoms with Gasteiger partial charge in [-0.15, -0.1) is 0 Å². The number of hydrogen-bond acceptors (Lipinski definition) is 4. The van der Waals surface area contributed by atoms with Crippen molar-refractivity contribution in [1.82, 2.24) is 0 Å². The quantitative estimate of drug-likeness (QED) is 0.522. The minimum absolute atomic E-state index is 0.123. The summed E-state index contributed by atoms with van der Waals surface area (Å²) in [6, 6.07) is 13.2. The number of benzene rings is 2. The van der Waals surface area contributed by atoms with Gasteiger partial charge in [0, 0.05) is 30.2 Å². The van der Waals surface area contributed by atoms with Crippen LogP contribution in [0.3, 0.4) is 0 Å². The van der Waals surface area contributed by atoms with E-state index in [0.29, 0.717) is 27.1 Å². The zero-order valence-corrected chi connectivity index (χ0v) is 15.2. The van der Waals surface area contributed by atoms with Crippen molar-refractivity contribution in [1.29, 1.82) is 5.26 Å². The van der Waals surface area contributed by atoms with E-state index in [2.05, 4.69) is 16.0 Å². The third kappa shape index (κ3) is 5.52. The van der Waals surface area contributed by atoms with Crippen molar-refractivity contribution in [2.75, 3.05) is 16.0 Å². The molecule has 0 aromatic heterocycles. The van der Waals surface area contributed by atoms with Gasteiger partial charge in [-0.2, -0.15) is 5.26 Å². The van der Waals surface area contributed by atoms with Gasteiger partial charge in [0.25, 0.3) is 5.91 Å². The van der Waals surface area contributed by atoms with Gasteiger partial charge in [-0.05, 0) is 42.5 Å². The van der Waals surface area contributed by atoms with E-state index in [1.165, 1.54) is 13.1 Å². The predicted octanol–water partition coefficient (Wildman–Crippen LogP) is 4.41. The summed E-state index contributed by atoms with van der Waals surface area (Å²) >= 11 is 11.7. The second-order valence-corrected chi connectivity index (χ2v) is 5.97. The van der Waals surface area contributed by atoms with Gasteiger partial charge in [0.15, 0.2) is 0 Å². The van der Waals surface area contributed by atoms with Gasteiger partial charge >= 0.3 is 0 Å². The highest BCUT2D eigenvalue weighted by Crippen LogP contribution is 2.25. The first-order chi connectivity index (χ1) is 12.4. The molecule has 2 amide bonds. The van der Waals surface area contributed by atoms with Crippen LogP contribution in [0.2, 0.25) is 10.0 Å². The number of nitrogens with zero attached hydrogens (tertiary/aromatic N) is 1. The number of carbonyl (C=O) groups excluding carboxylic acids is 2. The standard InChI is InChI=1S/C18H14Cl2N4O2/c1-11(25)23-13-2-4-14(5-3-13)24-18(26)12(9-21)10-22-15-6-7-16(19)17(20)8-15/h2-8,10,22H,1H3,(H,23,25)(H,24,26)/b12-10-. The topological polar surface area (TPSA) is 94.0 Å². The van der Waals surface area contributed by atoms with E-state index in [4.69, 9.17) is 23.2 Å². The molecule has 0 atom stereocenters. The van der Waals surface area contributed by atoms with Crippen LogP contribution >= 0.6 is 23.2 Å². The van der Waals surface area contributed by atoms with Crippen LogP contribution in [0.1, 0.15) is 6.92 Å². The monoisotopic (exact) mass is 388 g/mol. The summed E-state index contributed by atoms with van der Waals surface area (Å²) in [7, 11) is 0. The van der Waals surface area contributed by atoms with Crippen molar-refractivity contribution >= 4 is 52.1 Å². The van der Waals surface area contributed by atoms with Gasteiger partial charge in [0.05, 0.1) is 10.0 Å². The van der Waals surface area contributed by atoms with Gasteiger partial charge in [-0.3, -0.25) is 9.59 Å². The minimum atomic E-state index is -0.577. The Hall–Kier alpha value is -3.01. The molecule has 3 N–H and O–H groups in total. The molecule has 0 aliphatic carbocycles. The van der Waals surface area contributed by atoms with Crippen molar-refractivity contribution in [3.05, 3.63) is 64.3 Å². The maximum absolute atomic E-state index is 12.2. The van der Waals surface area contributed by atoms with E-state index in [1.54, 1.807) is 42.5 Å². The second kappa shape index (κ2) is 8.90. The van der Waals surface area contributed by atoms with Crippen LogP contribution in [-0.2, 0) is 9.59 Å². The highest BCUT2D eigenvalue weighted by Gasteiger charge is 2.09. The van der Waals surface area contributed by atoms with E-state index >= 15 is 0 Å². The lowest BCUT2D eigenvalue weighted by Crippen LogP contribution is -2.14. The van der Waals surface area contributed by atoms with E-state index in [1.807, 2.05) is 6.07 Å². The van der Waals surface area contributed by atoms with Crippen LogP contribution in [0.4, 0.5) is 17.1 Å². The summed E-state index contributed by atoms with van der Waals surface area (Å²) in [5, 5.41) is 18.0. The molecule has 8 heteroatoms. The molecule has 132 valence electrons. The Morgan fingerprint density at radius 1 is 0.962 bits per heavy atom. The number of halogens is 2. The van der Waals surface area contributed by atoms with Crippen LogP contribution in [0, 0.1) is 11.3 Å². The predicted molar refractivity (Wildman–Crippen MR) is 103 cm³/mol. The molecule has 0 saturated heterocycles. The largest absolute Gasteiger partial charge is 0.360 e. The molecule has 2 aromatic carbocycles. The van der Waals surface area contributed by atoms with E-state index in [0.717, 1.165) is 0 Å². The van der Waals surface area contributed by atoms with E-state index < -0.39 is 5.91 Å². The lowest BCUT2D eigenvalue weighted by Gasteiger charge is -2.07. The van der Waals surface area contributed by atoms with Gasteiger partial charge in [-0.1, -0.05) is 23.2 Å². The first-order valence-electron chi connectivity index (χ1n) is 7.40. The number of nitrogens with one attached hydrogen (secondary N) is 3. The third-order valence-electron chi connectivity index (χ3n) is 3.13. The van der Waals surface area contributed by atoms with E-state index in [9.17, 15) is 14.9 Å². The fraction of sp³-hybridized carbons (Fsp3) is 0.0556. The minimum Gasteiger partial charge on any atom is -0.360 e. The summed E-state index contributed by atoms with van der Waals surface area (Å²) < 4.78 is 0. The Morgan fingerprint density at radius 2 is 1.54 bits per heavy atom. The number of rotatable bonds is 5. The lowest BCUT2D eigenvalue weighted by atomic mass is 10.2. The van der Waals surface area contributed by atoms with Gasteiger partial charge in [-0.25, -0.2) is 0 Å². The van der Waals surface area contributed by atoms with Crippen molar-refractivity contribution in [2.24, 2.45) is 0 Å². The van der Waals surface area contributed by atoms with Crippen molar-refractivity contribution in [3.63, 3.8) is 0 Å². The zero-order chi connectivity index (χ0) is 19.1. The maximum Gasteiger partial charge on any atom is 0.267 e. The summed E-state index contributed by atoms with van der Waals surface area (Å²) in [5.41, 5.74) is 1.55. The molecule has 0 heterocycles. The number of anilines is 3. The average Bonchev–Trinajstić information content (AvgIpc) is 2.60. The smallest absolute Gasteiger partial charge is 0.267 e. The fourth-order valence-corrected chi connectivity index (χ4v) is 2.23. The Morgan fingerprint density at radius 3 is 2.08 bits per heavy atom. The Kier molecular flexibility index (Phi) is 6.61. The number of nitriles is 1. The lowest BCUT2D eigenvalue weighted by molar-refractivity contribution is -0.114. The van der Waals surface area contributed by atoms with Crippen molar-refractivity contribution < 1.29 is 9.59 Å². The normalized spacial score (nSPS) is 10.6. The van der Waals surface area contributed by atoms with Crippen LogP contribution in [0.5, 0.6) is 0 Å². The zero-order valence-electron chi connectivity index (χ0n) is 13.6. The molecule has 0 fully saturated rings. The Bertz CT molecular complexity index is 902. The first kappa shape index (κ1) is 19.3. The molecular formula is C18H14Cl2N4O2. The molecule has 6 nitrogen and oxygen atoms in total. The summed E-state index contributed by atoms with van der Waals surface area (Å²) in [5.74, 6) is -0.766. The molecule has 0 unspecified atom stereocenters. The maximum atomic E-state index is 12.2. The third-order valence-corrected chi connectivity index (χ3v) is 3.87. The second-order valence-electron chi connectivity index (χ2n) is 5.16. The molecule has 2 aromatic rings. The molecule has 26 heavy (non-hydrogen) atoms. The molecule has 0 saturated carbocycles. The average molecular weight is 389 g/mol. The van der Waals surface area contributed by atoms with Crippen molar-refractivity contribution in [3.8, 4) is 6.07 Å². The molecule has 0 bridgehead atoms. The SMILES string of the molecule is CC(=O)Nc1ccc(NC(=O)/C(C#N)=C\Nc2ccc(Cl)c(Cl)c2)cc1. The van der Waals surface area contributed by atoms with Crippen LogP contribution in [-0.4, -0.2) is 11.8 Å². The van der Waals surface area contributed by atoms with Gasteiger partial charge < -0.3 is 16.0 Å². The number of carbonyl (C=O) groups is 2.